The van der Waals surface area contributed by atoms with Gasteiger partial charge in [-0.2, -0.15) is 0 Å². The Balaban J connectivity index is 0.00000256. The summed E-state index contributed by atoms with van der Waals surface area (Å²) in [6, 6.07) is 0. The molecular formula is C11H19IN4S. The van der Waals surface area contributed by atoms with Crippen molar-refractivity contribution in [2.75, 3.05) is 13.1 Å². The summed E-state index contributed by atoms with van der Waals surface area (Å²) in [6.07, 6.45) is 1.81. The van der Waals surface area contributed by atoms with Crippen LogP contribution in [0, 0.1) is 0 Å². The van der Waals surface area contributed by atoms with Gasteiger partial charge in [-0.25, -0.2) is 4.98 Å². The highest BCUT2D eigenvalue weighted by Crippen LogP contribution is 2.17. The van der Waals surface area contributed by atoms with E-state index in [0.29, 0.717) is 25.0 Å². The smallest absolute Gasteiger partial charge is 0.188 e. The molecule has 1 atom stereocenters. The van der Waals surface area contributed by atoms with Crippen molar-refractivity contribution >= 4 is 41.3 Å². The van der Waals surface area contributed by atoms with E-state index in [0.717, 1.165) is 10.6 Å². The second-order valence-electron chi connectivity index (χ2n) is 3.81. The van der Waals surface area contributed by atoms with E-state index in [2.05, 4.69) is 28.8 Å². The maximum absolute atomic E-state index is 5.70. The van der Waals surface area contributed by atoms with Crippen LogP contribution < -0.4 is 11.1 Å². The number of rotatable bonds is 5. The fraction of sp³-hybridized carbons (Fsp3) is 0.455. The van der Waals surface area contributed by atoms with Gasteiger partial charge in [0.05, 0.1) is 11.6 Å². The molecule has 0 aromatic carbocycles. The third kappa shape index (κ3) is 6.62. The predicted molar refractivity (Wildman–Crippen MR) is 85.3 cm³/mol. The molecule has 96 valence electrons. The molecule has 1 heterocycles. The van der Waals surface area contributed by atoms with Crippen LogP contribution in [0.15, 0.2) is 28.7 Å². The minimum Gasteiger partial charge on any atom is -0.370 e. The van der Waals surface area contributed by atoms with E-state index in [-0.39, 0.29) is 24.0 Å². The summed E-state index contributed by atoms with van der Waals surface area (Å²) in [5.74, 6) is 0.775. The number of nitrogens with zero attached hydrogens (tertiary/aromatic N) is 2. The van der Waals surface area contributed by atoms with Gasteiger partial charge in [0.15, 0.2) is 5.96 Å². The Morgan fingerprint density at radius 3 is 2.94 bits per heavy atom. The Labute approximate surface area is 123 Å². The van der Waals surface area contributed by atoms with E-state index < -0.39 is 0 Å². The number of aliphatic imine (C=N–C) groups is 1. The first-order valence-corrected chi connectivity index (χ1v) is 6.05. The molecule has 0 aliphatic carbocycles. The van der Waals surface area contributed by atoms with Gasteiger partial charge >= 0.3 is 0 Å². The van der Waals surface area contributed by atoms with Crippen LogP contribution in [0.5, 0.6) is 0 Å². The highest BCUT2D eigenvalue weighted by Gasteiger charge is 2.06. The molecule has 0 saturated heterocycles. The minimum atomic E-state index is 0. The number of nitrogens with two attached hydrogens (primary N) is 1. The first kappa shape index (κ1) is 16.4. The van der Waals surface area contributed by atoms with Crippen LogP contribution in [0.25, 0.3) is 0 Å². The van der Waals surface area contributed by atoms with E-state index in [9.17, 15) is 0 Å². The number of hydrogen-bond donors (Lipinski definition) is 2. The van der Waals surface area contributed by atoms with Gasteiger partial charge in [0.2, 0.25) is 0 Å². The van der Waals surface area contributed by atoms with Crippen molar-refractivity contribution in [2.45, 2.75) is 19.8 Å². The molecule has 17 heavy (non-hydrogen) atoms. The molecule has 0 bridgehead atoms. The van der Waals surface area contributed by atoms with Crippen LogP contribution >= 0.6 is 35.3 Å². The SMILES string of the molecule is C=C(C)CNC(N)=NCC(C)c1nccs1.I. The standard InChI is InChI=1S/C11H18N4S.HI/c1-8(2)6-14-11(12)15-7-9(3)10-13-4-5-16-10;/h4-5,9H,1,6-7H2,2-3H3,(H3,12,14,15);1H. The summed E-state index contributed by atoms with van der Waals surface area (Å²) >= 11 is 1.65. The van der Waals surface area contributed by atoms with Gasteiger partial charge in [-0.05, 0) is 6.92 Å². The van der Waals surface area contributed by atoms with Gasteiger partial charge in [-0.15, -0.1) is 35.3 Å². The molecule has 1 rings (SSSR count). The van der Waals surface area contributed by atoms with Gasteiger partial charge in [-0.3, -0.25) is 4.99 Å². The summed E-state index contributed by atoms with van der Waals surface area (Å²) in [4.78, 5) is 8.50. The first-order valence-electron chi connectivity index (χ1n) is 5.17. The highest BCUT2D eigenvalue weighted by atomic mass is 127. The van der Waals surface area contributed by atoms with E-state index in [1.165, 1.54) is 0 Å². The second-order valence-corrected chi connectivity index (χ2v) is 4.73. The Hall–Kier alpha value is -0.630. The van der Waals surface area contributed by atoms with Crippen molar-refractivity contribution in [3.8, 4) is 0 Å². The molecule has 0 aliphatic rings. The lowest BCUT2D eigenvalue weighted by molar-refractivity contribution is 0.760. The summed E-state index contributed by atoms with van der Waals surface area (Å²) < 4.78 is 0. The number of hydrogen-bond acceptors (Lipinski definition) is 3. The topological polar surface area (TPSA) is 63.3 Å². The molecule has 0 saturated carbocycles. The summed E-state index contributed by atoms with van der Waals surface area (Å²) in [5, 5.41) is 6.06. The summed E-state index contributed by atoms with van der Waals surface area (Å²) in [6.45, 7) is 9.14. The van der Waals surface area contributed by atoms with Crippen molar-refractivity contribution in [1.29, 1.82) is 0 Å². The quantitative estimate of drug-likeness (QED) is 0.364. The number of thiazole rings is 1. The Kier molecular flexibility index (Phi) is 8.15. The van der Waals surface area contributed by atoms with Crippen molar-refractivity contribution in [2.24, 2.45) is 10.7 Å². The van der Waals surface area contributed by atoms with Crippen LogP contribution in [-0.4, -0.2) is 24.0 Å². The van der Waals surface area contributed by atoms with Crippen LogP contribution in [0.1, 0.15) is 24.8 Å². The molecule has 6 heteroatoms. The fourth-order valence-electron chi connectivity index (χ4n) is 1.09. The summed E-state index contributed by atoms with van der Waals surface area (Å²) in [5.41, 5.74) is 6.74. The highest BCUT2D eigenvalue weighted by molar-refractivity contribution is 14.0. The molecule has 0 radical (unpaired) electrons. The van der Waals surface area contributed by atoms with Gasteiger partial charge in [0.1, 0.15) is 0 Å². The van der Waals surface area contributed by atoms with Crippen molar-refractivity contribution in [3.05, 3.63) is 28.7 Å². The van der Waals surface area contributed by atoms with Gasteiger partial charge in [0.25, 0.3) is 0 Å². The Morgan fingerprint density at radius 2 is 2.41 bits per heavy atom. The third-order valence-electron chi connectivity index (χ3n) is 1.98. The maximum Gasteiger partial charge on any atom is 0.188 e. The lowest BCUT2D eigenvalue weighted by Crippen LogP contribution is -2.33. The third-order valence-corrected chi connectivity index (χ3v) is 2.99. The lowest BCUT2D eigenvalue weighted by Gasteiger charge is -2.07. The van der Waals surface area contributed by atoms with Crippen LogP contribution in [0.4, 0.5) is 0 Å². The first-order chi connectivity index (χ1) is 7.59. The average molecular weight is 366 g/mol. The molecule has 1 aromatic rings. The normalized spacial score (nSPS) is 12.7. The van der Waals surface area contributed by atoms with E-state index in [1.54, 1.807) is 11.3 Å². The molecule has 3 N–H and O–H groups in total. The molecule has 0 spiro atoms. The van der Waals surface area contributed by atoms with Gasteiger partial charge in [-0.1, -0.05) is 19.1 Å². The molecule has 0 aliphatic heterocycles. The van der Waals surface area contributed by atoms with E-state index in [1.807, 2.05) is 18.5 Å². The van der Waals surface area contributed by atoms with Crippen LogP contribution in [0.3, 0.4) is 0 Å². The Morgan fingerprint density at radius 1 is 1.71 bits per heavy atom. The molecular weight excluding hydrogens is 347 g/mol. The summed E-state index contributed by atoms with van der Waals surface area (Å²) in [7, 11) is 0. The minimum absolute atomic E-state index is 0. The van der Waals surface area contributed by atoms with Crippen molar-refractivity contribution < 1.29 is 0 Å². The molecule has 1 unspecified atom stereocenters. The zero-order valence-electron chi connectivity index (χ0n) is 10.1. The van der Waals surface area contributed by atoms with Crippen molar-refractivity contribution in [1.82, 2.24) is 10.3 Å². The number of guanidine groups is 1. The van der Waals surface area contributed by atoms with Crippen molar-refractivity contribution in [3.63, 3.8) is 0 Å². The van der Waals surface area contributed by atoms with E-state index in [4.69, 9.17) is 5.73 Å². The number of halogens is 1. The average Bonchev–Trinajstić information content (AvgIpc) is 2.76. The molecule has 1 aromatic heterocycles. The molecule has 4 nitrogen and oxygen atoms in total. The van der Waals surface area contributed by atoms with Gasteiger partial charge < -0.3 is 11.1 Å². The second kappa shape index (κ2) is 8.46. The molecule has 0 amide bonds. The van der Waals surface area contributed by atoms with Gasteiger partial charge in [0, 0.05) is 24.0 Å². The monoisotopic (exact) mass is 366 g/mol. The number of aromatic nitrogens is 1. The zero-order valence-corrected chi connectivity index (χ0v) is 13.3. The fourth-order valence-corrected chi connectivity index (χ4v) is 1.78. The largest absolute Gasteiger partial charge is 0.370 e. The maximum atomic E-state index is 5.70. The zero-order chi connectivity index (χ0) is 12.0. The lowest BCUT2D eigenvalue weighted by atomic mass is 10.2. The van der Waals surface area contributed by atoms with Crippen LogP contribution in [-0.2, 0) is 0 Å². The predicted octanol–water partition coefficient (Wildman–Crippen LogP) is 2.35. The van der Waals surface area contributed by atoms with E-state index >= 15 is 0 Å². The van der Waals surface area contributed by atoms with Crippen LogP contribution in [0.2, 0.25) is 0 Å². The number of nitrogens with one attached hydrogen (secondary N) is 1. The molecule has 0 fully saturated rings. The Bertz CT molecular complexity index is 362.